The Labute approximate surface area is 139 Å². The van der Waals surface area contributed by atoms with E-state index in [1.807, 2.05) is 12.3 Å². The molecule has 0 aliphatic carbocycles. The standard InChI is InChI=1S/C19H18FN3O/c20-18-14(3-1-5-17(18)24)12-23-9-6-13(7-10-23)16-11-22-19-15(16)4-2-8-21-19/h1-6,8,11,24H,7,9-10,12H2,(H,21,22). The lowest BCUT2D eigenvalue weighted by Gasteiger charge is -2.26. The molecule has 1 aromatic carbocycles. The van der Waals surface area contributed by atoms with E-state index < -0.39 is 5.82 Å². The van der Waals surface area contributed by atoms with Gasteiger partial charge >= 0.3 is 0 Å². The van der Waals surface area contributed by atoms with E-state index in [1.165, 1.54) is 17.2 Å². The monoisotopic (exact) mass is 323 g/mol. The number of aromatic hydroxyl groups is 1. The Morgan fingerprint density at radius 3 is 3.00 bits per heavy atom. The van der Waals surface area contributed by atoms with Crippen molar-refractivity contribution in [3.63, 3.8) is 0 Å². The molecule has 0 radical (unpaired) electrons. The number of aromatic amines is 1. The molecule has 0 amide bonds. The summed E-state index contributed by atoms with van der Waals surface area (Å²) in [6.07, 6.45) is 6.89. The number of nitrogens with one attached hydrogen (secondary N) is 1. The van der Waals surface area contributed by atoms with Crippen molar-refractivity contribution in [3.8, 4) is 5.75 Å². The van der Waals surface area contributed by atoms with Crippen LogP contribution >= 0.6 is 0 Å². The Balaban J connectivity index is 1.52. The number of hydrogen-bond donors (Lipinski definition) is 2. The minimum atomic E-state index is -0.519. The summed E-state index contributed by atoms with van der Waals surface area (Å²) < 4.78 is 13.9. The van der Waals surface area contributed by atoms with E-state index in [9.17, 15) is 9.50 Å². The van der Waals surface area contributed by atoms with Crippen LogP contribution in [-0.4, -0.2) is 33.1 Å². The maximum absolute atomic E-state index is 13.9. The number of pyridine rings is 1. The zero-order valence-corrected chi connectivity index (χ0v) is 13.2. The van der Waals surface area contributed by atoms with Crippen molar-refractivity contribution in [2.24, 2.45) is 0 Å². The van der Waals surface area contributed by atoms with Gasteiger partial charge in [-0.1, -0.05) is 18.2 Å². The summed E-state index contributed by atoms with van der Waals surface area (Å²) in [4.78, 5) is 9.71. The second-order valence-electron chi connectivity index (χ2n) is 6.07. The highest BCUT2D eigenvalue weighted by Gasteiger charge is 2.17. The molecule has 24 heavy (non-hydrogen) atoms. The third-order valence-corrected chi connectivity index (χ3v) is 4.54. The average Bonchev–Trinajstić information content (AvgIpc) is 3.04. The van der Waals surface area contributed by atoms with Gasteiger partial charge in [0.05, 0.1) is 0 Å². The van der Waals surface area contributed by atoms with E-state index in [-0.39, 0.29) is 5.75 Å². The lowest BCUT2D eigenvalue weighted by atomic mass is 9.99. The second kappa shape index (κ2) is 6.09. The van der Waals surface area contributed by atoms with E-state index in [1.54, 1.807) is 18.3 Å². The summed E-state index contributed by atoms with van der Waals surface area (Å²) in [5, 5.41) is 10.6. The number of halogens is 1. The van der Waals surface area contributed by atoms with Crippen LogP contribution in [0.3, 0.4) is 0 Å². The predicted molar refractivity (Wildman–Crippen MR) is 92.0 cm³/mol. The second-order valence-corrected chi connectivity index (χ2v) is 6.07. The number of rotatable bonds is 3. The van der Waals surface area contributed by atoms with Gasteiger partial charge in [-0.05, 0) is 30.2 Å². The fraction of sp³-hybridized carbons (Fsp3) is 0.211. The molecular formula is C19H18FN3O. The lowest BCUT2D eigenvalue weighted by molar-refractivity contribution is 0.287. The third kappa shape index (κ3) is 2.67. The molecule has 5 heteroatoms. The molecule has 1 aliphatic rings. The van der Waals surface area contributed by atoms with E-state index in [4.69, 9.17) is 0 Å². The van der Waals surface area contributed by atoms with Gasteiger partial charge in [-0.2, -0.15) is 0 Å². The van der Waals surface area contributed by atoms with Crippen LogP contribution in [-0.2, 0) is 6.54 Å². The molecule has 2 aromatic heterocycles. The number of hydrogen-bond acceptors (Lipinski definition) is 3. The molecule has 0 spiro atoms. The Morgan fingerprint density at radius 1 is 1.25 bits per heavy atom. The minimum Gasteiger partial charge on any atom is -0.505 e. The van der Waals surface area contributed by atoms with E-state index >= 15 is 0 Å². The van der Waals surface area contributed by atoms with Gasteiger partial charge in [-0.25, -0.2) is 9.37 Å². The first-order chi connectivity index (χ1) is 11.7. The molecule has 0 saturated heterocycles. The minimum absolute atomic E-state index is 0.285. The fourth-order valence-electron chi connectivity index (χ4n) is 3.25. The molecular weight excluding hydrogens is 305 g/mol. The van der Waals surface area contributed by atoms with Crippen LogP contribution in [0.15, 0.2) is 48.8 Å². The zero-order valence-electron chi connectivity index (χ0n) is 13.2. The van der Waals surface area contributed by atoms with Crippen LogP contribution in [0.4, 0.5) is 4.39 Å². The average molecular weight is 323 g/mol. The van der Waals surface area contributed by atoms with Crippen LogP contribution in [0.1, 0.15) is 17.5 Å². The first-order valence-corrected chi connectivity index (χ1v) is 8.02. The van der Waals surface area contributed by atoms with Gasteiger partial charge in [0.25, 0.3) is 0 Å². The van der Waals surface area contributed by atoms with Crippen LogP contribution in [0.2, 0.25) is 0 Å². The van der Waals surface area contributed by atoms with Gasteiger partial charge in [0, 0.05) is 48.5 Å². The number of benzene rings is 1. The van der Waals surface area contributed by atoms with Crippen LogP contribution < -0.4 is 0 Å². The van der Waals surface area contributed by atoms with Gasteiger partial charge in [0.2, 0.25) is 0 Å². The van der Waals surface area contributed by atoms with Crippen LogP contribution in [0.5, 0.6) is 5.75 Å². The first kappa shape index (κ1) is 14.9. The molecule has 2 N–H and O–H groups in total. The quantitative estimate of drug-likeness (QED) is 0.773. The normalized spacial score (nSPS) is 15.6. The SMILES string of the molecule is Oc1cccc(CN2CC=C(c3c[nH]c4ncccc34)CC2)c1F. The highest BCUT2D eigenvalue weighted by atomic mass is 19.1. The molecule has 3 heterocycles. The summed E-state index contributed by atoms with van der Waals surface area (Å²) in [5.74, 6) is -0.804. The molecule has 1 aliphatic heterocycles. The maximum atomic E-state index is 13.9. The first-order valence-electron chi connectivity index (χ1n) is 8.02. The summed E-state index contributed by atoms with van der Waals surface area (Å²) in [7, 11) is 0. The third-order valence-electron chi connectivity index (χ3n) is 4.54. The number of nitrogens with zero attached hydrogens (tertiary/aromatic N) is 2. The Kier molecular flexibility index (Phi) is 3.78. The van der Waals surface area contributed by atoms with Crippen molar-refractivity contribution >= 4 is 16.6 Å². The Hall–Kier alpha value is -2.66. The van der Waals surface area contributed by atoms with E-state index in [2.05, 4.69) is 27.0 Å². The van der Waals surface area contributed by atoms with Crippen molar-refractivity contribution < 1.29 is 9.50 Å². The fourth-order valence-corrected chi connectivity index (χ4v) is 3.25. The van der Waals surface area contributed by atoms with E-state index in [0.29, 0.717) is 12.1 Å². The van der Waals surface area contributed by atoms with Gasteiger partial charge in [-0.3, -0.25) is 4.90 Å². The van der Waals surface area contributed by atoms with Gasteiger partial charge in [-0.15, -0.1) is 0 Å². The molecule has 0 saturated carbocycles. The number of aromatic nitrogens is 2. The Morgan fingerprint density at radius 2 is 2.17 bits per heavy atom. The van der Waals surface area contributed by atoms with Gasteiger partial charge in [0.15, 0.2) is 11.6 Å². The summed E-state index contributed by atoms with van der Waals surface area (Å²) in [6.45, 7) is 2.12. The molecule has 122 valence electrons. The van der Waals surface area contributed by atoms with Crippen molar-refractivity contribution in [1.82, 2.24) is 14.9 Å². The zero-order chi connectivity index (χ0) is 16.5. The van der Waals surface area contributed by atoms with Crippen LogP contribution in [0.25, 0.3) is 16.6 Å². The van der Waals surface area contributed by atoms with Crippen LogP contribution in [0, 0.1) is 5.82 Å². The molecule has 4 rings (SSSR count). The summed E-state index contributed by atoms with van der Waals surface area (Å²) in [5.41, 5.74) is 3.92. The molecule has 0 bridgehead atoms. The molecule has 0 atom stereocenters. The highest BCUT2D eigenvalue weighted by molar-refractivity contribution is 5.90. The lowest BCUT2D eigenvalue weighted by Crippen LogP contribution is -2.28. The maximum Gasteiger partial charge on any atom is 0.169 e. The Bertz CT molecular complexity index is 916. The number of phenolic OH excluding ortho intramolecular Hbond substituents is 1. The van der Waals surface area contributed by atoms with Gasteiger partial charge in [0.1, 0.15) is 5.65 Å². The number of fused-ring (bicyclic) bond motifs is 1. The summed E-state index contributed by atoms with van der Waals surface area (Å²) in [6, 6.07) is 8.79. The van der Waals surface area contributed by atoms with Crippen molar-refractivity contribution in [3.05, 3.63) is 65.7 Å². The van der Waals surface area contributed by atoms with Crippen molar-refractivity contribution in [1.29, 1.82) is 0 Å². The topological polar surface area (TPSA) is 52.1 Å². The number of phenols is 1. The molecule has 3 aromatic rings. The highest BCUT2D eigenvalue weighted by Crippen LogP contribution is 2.29. The molecule has 0 fully saturated rings. The largest absolute Gasteiger partial charge is 0.505 e. The number of H-pyrrole nitrogens is 1. The van der Waals surface area contributed by atoms with Crippen molar-refractivity contribution in [2.45, 2.75) is 13.0 Å². The predicted octanol–water partition coefficient (Wildman–Crippen LogP) is 3.70. The summed E-state index contributed by atoms with van der Waals surface area (Å²) >= 11 is 0. The van der Waals surface area contributed by atoms with Gasteiger partial charge < -0.3 is 10.1 Å². The van der Waals surface area contributed by atoms with Crippen molar-refractivity contribution in [2.75, 3.05) is 13.1 Å². The molecule has 4 nitrogen and oxygen atoms in total. The smallest absolute Gasteiger partial charge is 0.169 e. The molecule has 0 unspecified atom stereocenters. The van der Waals surface area contributed by atoms with E-state index in [0.717, 1.165) is 30.5 Å².